The van der Waals surface area contributed by atoms with Gasteiger partial charge in [-0.2, -0.15) is 0 Å². The number of halogens is 2. The van der Waals surface area contributed by atoms with Crippen LogP contribution in [0.5, 0.6) is 0 Å². The number of hydrogen-bond acceptors (Lipinski definition) is 3. The van der Waals surface area contributed by atoms with Crippen molar-refractivity contribution in [2.24, 2.45) is 0 Å². The van der Waals surface area contributed by atoms with Crippen LogP contribution in [-0.4, -0.2) is 54.4 Å². The Morgan fingerprint density at radius 1 is 1.33 bits per heavy atom. The lowest BCUT2D eigenvalue weighted by molar-refractivity contribution is -0.107. The van der Waals surface area contributed by atoms with Crippen molar-refractivity contribution >= 4 is 0 Å². The summed E-state index contributed by atoms with van der Waals surface area (Å²) in [6, 6.07) is 0.137. The second-order valence-corrected chi connectivity index (χ2v) is 5.49. The Balaban J connectivity index is 1.96. The smallest absolute Gasteiger partial charge is 0.251 e. The standard InChI is InChI=1S/C13H23F2NO2/c14-12(15)10-16(6-7-17)11-3-8-18-13(9-11)4-1-2-5-13/h11-12,17H,1-10H2. The van der Waals surface area contributed by atoms with Gasteiger partial charge in [0.25, 0.3) is 6.43 Å². The van der Waals surface area contributed by atoms with Crippen molar-refractivity contribution in [2.45, 2.75) is 56.6 Å². The molecule has 0 amide bonds. The van der Waals surface area contributed by atoms with Crippen LogP contribution in [-0.2, 0) is 4.74 Å². The highest BCUT2D eigenvalue weighted by molar-refractivity contribution is 4.94. The van der Waals surface area contributed by atoms with Crippen molar-refractivity contribution in [2.75, 3.05) is 26.3 Å². The third-order valence-electron chi connectivity index (χ3n) is 4.26. The number of aliphatic hydroxyl groups excluding tert-OH is 1. The molecule has 2 fully saturated rings. The summed E-state index contributed by atoms with van der Waals surface area (Å²) in [6.45, 7) is 0.708. The fourth-order valence-corrected chi connectivity index (χ4v) is 3.41. The number of nitrogens with zero attached hydrogens (tertiary/aromatic N) is 1. The molecule has 1 N–H and O–H groups in total. The van der Waals surface area contributed by atoms with E-state index in [-0.39, 0.29) is 24.8 Å². The lowest BCUT2D eigenvalue weighted by Crippen LogP contribution is -2.49. The summed E-state index contributed by atoms with van der Waals surface area (Å²) in [6.07, 6.45) is 3.80. The highest BCUT2D eigenvalue weighted by atomic mass is 19.3. The zero-order chi connectivity index (χ0) is 13.0. The Morgan fingerprint density at radius 3 is 2.67 bits per heavy atom. The van der Waals surface area contributed by atoms with E-state index in [4.69, 9.17) is 9.84 Å². The first-order valence-electron chi connectivity index (χ1n) is 6.92. The Hall–Kier alpha value is -0.260. The molecule has 0 aromatic heterocycles. The normalized spacial score (nSPS) is 27.5. The topological polar surface area (TPSA) is 32.7 Å². The maximum absolute atomic E-state index is 12.6. The van der Waals surface area contributed by atoms with Gasteiger partial charge in [-0.25, -0.2) is 8.78 Å². The summed E-state index contributed by atoms with van der Waals surface area (Å²) >= 11 is 0. The predicted octanol–water partition coefficient (Wildman–Crippen LogP) is 2.04. The second kappa shape index (κ2) is 6.26. The molecule has 0 aromatic carbocycles. The van der Waals surface area contributed by atoms with E-state index in [1.54, 1.807) is 4.90 Å². The van der Waals surface area contributed by atoms with Crippen LogP contribution in [0.2, 0.25) is 0 Å². The first-order chi connectivity index (χ1) is 8.65. The summed E-state index contributed by atoms with van der Waals surface area (Å²) in [4.78, 5) is 1.74. The Kier molecular flexibility index (Phi) is 4.92. The van der Waals surface area contributed by atoms with E-state index < -0.39 is 6.43 Å². The number of aliphatic hydroxyl groups is 1. The van der Waals surface area contributed by atoms with Crippen LogP contribution in [0, 0.1) is 0 Å². The van der Waals surface area contributed by atoms with Crippen LogP contribution in [0.3, 0.4) is 0 Å². The second-order valence-electron chi connectivity index (χ2n) is 5.49. The van der Waals surface area contributed by atoms with Crippen molar-refractivity contribution in [3.8, 4) is 0 Å². The van der Waals surface area contributed by atoms with Crippen molar-refractivity contribution in [1.82, 2.24) is 4.90 Å². The largest absolute Gasteiger partial charge is 0.395 e. The van der Waals surface area contributed by atoms with Crippen molar-refractivity contribution in [3.05, 3.63) is 0 Å². The first kappa shape index (κ1) is 14.2. The van der Waals surface area contributed by atoms with Gasteiger partial charge in [0.15, 0.2) is 0 Å². The van der Waals surface area contributed by atoms with Gasteiger partial charge in [0, 0.05) is 19.2 Å². The third kappa shape index (κ3) is 3.39. The van der Waals surface area contributed by atoms with Crippen LogP contribution in [0.1, 0.15) is 38.5 Å². The Morgan fingerprint density at radius 2 is 2.06 bits per heavy atom. The number of ether oxygens (including phenoxy) is 1. The molecule has 106 valence electrons. The maximum Gasteiger partial charge on any atom is 0.251 e. The summed E-state index contributed by atoms with van der Waals surface area (Å²) < 4.78 is 31.1. The van der Waals surface area contributed by atoms with Crippen LogP contribution in [0.25, 0.3) is 0 Å². The van der Waals surface area contributed by atoms with E-state index >= 15 is 0 Å². The maximum atomic E-state index is 12.6. The molecule has 0 radical (unpaired) electrons. The Labute approximate surface area is 107 Å². The number of hydrogen-bond donors (Lipinski definition) is 1. The minimum atomic E-state index is -2.33. The molecule has 1 aliphatic heterocycles. The van der Waals surface area contributed by atoms with Gasteiger partial charge in [0.05, 0.1) is 18.8 Å². The van der Waals surface area contributed by atoms with Gasteiger partial charge in [0.1, 0.15) is 0 Å². The molecular formula is C13H23F2NO2. The van der Waals surface area contributed by atoms with E-state index in [9.17, 15) is 8.78 Å². The molecule has 1 saturated heterocycles. The number of alkyl halides is 2. The van der Waals surface area contributed by atoms with Gasteiger partial charge < -0.3 is 9.84 Å². The first-order valence-corrected chi connectivity index (χ1v) is 6.92. The number of rotatable bonds is 5. The minimum absolute atomic E-state index is 0.0568. The van der Waals surface area contributed by atoms with E-state index in [0.29, 0.717) is 13.2 Å². The summed E-state index contributed by atoms with van der Waals surface area (Å²) in [5.41, 5.74) is -0.0568. The zero-order valence-electron chi connectivity index (χ0n) is 10.8. The summed E-state index contributed by atoms with van der Waals surface area (Å²) in [7, 11) is 0. The molecule has 1 heterocycles. The lowest BCUT2D eigenvalue weighted by Gasteiger charge is -2.42. The molecule has 5 heteroatoms. The molecule has 1 unspecified atom stereocenters. The SMILES string of the molecule is OCCN(CC(F)F)C1CCOC2(CCCC2)C1. The van der Waals surface area contributed by atoms with Crippen molar-refractivity contribution < 1.29 is 18.6 Å². The quantitative estimate of drug-likeness (QED) is 0.824. The average molecular weight is 263 g/mol. The molecule has 1 aliphatic carbocycles. The van der Waals surface area contributed by atoms with Gasteiger partial charge in [-0.3, -0.25) is 4.90 Å². The summed E-state index contributed by atoms with van der Waals surface area (Å²) in [5, 5.41) is 9.02. The van der Waals surface area contributed by atoms with Gasteiger partial charge >= 0.3 is 0 Å². The molecule has 3 nitrogen and oxygen atoms in total. The van der Waals surface area contributed by atoms with Gasteiger partial charge in [0.2, 0.25) is 0 Å². The van der Waals surface area contributed by atoms with Gasteiger partial charge in [-0.1, -0.05) is 12.8 Å². The molecule has 18 heavy (non-hydrogen) atoms. The monoisotopic (exact) mass is 263 g/mol. The average Bonchev–Trinajstić information content (AvgIpc) is 2.76. The van der Waals surface area contributed by atoms with E-state index in [1.807, 2.05) is 0 Å². The van der Waals surface area contributed by atoms with Gasteiger partial charge in [-0.15, -0.1) is 0 Å². The third-order valence-corrected chi connectivity index (χ3v) is 4.26. The molecular weight excluding hydrogens is 240 g/mol. The Bertz CT molecular complexity index is 257. The minimum Gasteiger partial charge on any atom is -0.395 e. The van der Waals surface area contributed by atoms with E-state index in [0.717, 1.165) is 25.7 Å². The van der Waals surface area contributed by atoms with Crippen LogP contribution in [0.4, 0.5) is 8.78 Å². The highest BCUT2D eigenvalue weighted by Gasteiger charge is 2.41. The van der Waals surface area contributed by atoms with Crippen LogP contribution >= 0.6 is 0 Å². The molecule has 1 spiro atoms. The molecule has 0 bridgehead atoms. The molecule has 0 aromatic rings. The van der Waals surface area contributed by atoms with E-state index in [2.05, 4.69) is 0 Å². The van der Waals surface area contributed by atoms with Crippen molar-refractivity contribution in [3.63, 3.8) is 0 Å². The van der Waals surface area contributed by atoms with Crippen LogP contribution < -0.4 is 0 Å². The summed E-state index contributed by atoms with van der Waals surface area (Å²) in [5.74, 6) is 0. The fraction of sp³-hybridized carbons (Fsp3) is 1.00. The molecule has 1 atom stereocenters. The van der Waals surface area contributed by atoms with E-state index in [1.165, 1.54) is 12.8 Å². The van der Waals surface area contributed by atoms with Crippen molar-refractivity contribution in [1.29, 1.82) is 0 Å². The van der Waals surface area contributed by atoms with Crippen LogP contribution in [0.15, 0.2) is 0 Å². The molecule has 2 rings (SSSR count). The fourth-order valence-electron chi connectivity index (χ4n) is 3.41. The molecule has 2 aliphatic rings. The molecule has 1 saturated carbocycles. The van der Waals surface area contributed by atoms with Gasteiger partial charge in [-0.05, 0) is 25.7 Å². The zero-order valence-corrected chi connectivity index (χ0v) is 10.8. The predicted molar refractivity (Wildman–Crippen MR) is 64.8 cm³/mol. The lowest BCUT2D eigenvalue weighted by atomic mass is 9.88. The highest BCUT2D eigenvalue weighted by Crippen LogP contribution is 2.41.